The van der Waals surface area contributed by atoms with Gasteiger partial charge in [0.1, 0.15) is 5.84 Å². The van der Waals surface area contributed by atoms with Crippen molar-refractivity contribution in [3.63, 3.8) is 0 Å². The van der Waals surface area contributed by atoms with E-state index in [-0.39, 0.29) is 11.9 Å². The Morgan fingerprint density at radius 3 is 2.93 bits per heavy atom. The number of hydrogen-bond donors (Lipinski definition) is 1. The fourth-order valence-electron chi connectivity index (χ4n) is 1.92. The van der Waals surface area contributed by atoms with Crippen LogP contribution in [0.2, 0.25) is 0 Å². The van der Waals surface area contributed by atoms with E-state index in [4.69, 9.17) is 0 Å². The van der Waals surface area contributed by atoms with Gasteiger partial charge in [-0.15, -0.1) is 0 Å². The molecule has 1 aliphatic heterocycles. The summed E-state index contributed by atoms with van der Waals surface area (Å²) in [6.07, 6.45) is 3.70. The number of hydrogen-bond acceptors (Lipinski definition) is 3. The molecule has 0 bridgehead atoms. The quantitative estimate of drug-likeness (QED) is 0.679. The van der Waals surface area contributed by atoms with Gasteiger partial charge in [0.05, 0.1) is 12.6 Å². The lowest BCUT2D eigenvalue weighted by Gasteiger charge is -2.23. The van der Waals surface area contributed by atoms with E-state index in [9.17, 15) is 4.79 Å². The molecule has 1 aliphatic carbocycles. The van der Waals surface area contributed by atoms with Crippen molar-refractivity contribution < 1.29 is 4.79 Å². The number of amides is 1. The lowest BCUT2D eigenvalue weighted by molar-refractivity contribution is -0.116. The molecule has 1 N–H and O–H groups in total. The second-order valence-corrected chi connectivity index (χ2v) is 4.19. The molecule has 1 saturated carbocycles. The Labute approximate surface area is 90.1 Å². The second-order valence-electron chi connectivity index (χ2n) is 4.19. The average molecular weight is 207 g/mol. The zero-order chi connectivity index (χ0) is 10.8. The summed E-state index contributed by atoms with van der Waals surface area (Å²) < 4.78 is 0. The Morgan fingerprint density at radius 2 is 2.47 bits per heavy atom. The summed E-state index contributed by atoms with van der Waals surface area (Å²) in [5.41, 5.74) is 0. The highest BCUT2D eigenvalue weighted by Crippen LogP contribution is 2.34. The molecule has 1 amide bonds. The maximum Gasteiger partial charge on any atom is 0.243 e. The molecule has 2 aliphatic rings. The zero-order valence-electron chi connectivity index (χ0n) is 9.07. The van der Waals surface area contributed by atoms with Gasteiger partial charge in [-0.3, -0.25) is 9.79 Å². The molecule has 15 heavy (non-hydrogen) atoms. The normalized spacial score (nSPS) is 22.2. The van der Waals surface area contributed by atoms with Gasteiger partial charge in [-0.1, -0.05) is 6.58 Å². The number of carbonyl (C=O) groups is 1. The van der Waals surface area contributed by atoms with Crippen LogP contribution in [-0.2, 0) is 4.79 Å². The van der Waals surface area contributed by atoms with E-state index in [2.05, 4.69) is 21.8 Å². The van der Waals surface area contributed by atoms with Gasteiger partial charge < -0.3 is 10.2 Å². The maximum atomic E-state index is 11.3. The van der Waals surface area contributed by atoms with Crippen molar-refractivity contribution in [2.24, 2.45) is 10.9 Å². The van der Waals surface area contributed by atoms with E-state index < -0.39 is 0 Å². The monoisotopic (exact) mass is 207 g/mol. The van der Waals surface area contributed by atoms with Gasteiger partial charge in [0.15, 0.2) is 0 Å². The Morgan fingerprint density at radius 1 is 1.73 bits per heavy atom. The number of rotatable bonds is 4. The molecule has 0 spiro atoms. The summed E-state index contributed by atoms with van der Waals surface area (Å²) in [6.45, 7) is 5.28. The van der Waals surface area contributed by atoms with Gasteiger partial charge >= 0.3 is 0 Å². The third-order valence-electron chi connectivity index (χ3n) is 2.96. The lowest BCUT2D eigenvalue weighted by atomic mass is 10.1. The van der Waals surface area contributed by atoms with E-state index in [0.717, 1.165) is 18.9 Å². The standard InChI is InChI=1S/C11H17N3O/c1-3-9(15)13-10(8-4-5-8)11-12-6-7-14(11)2/h3,8,10H,1,4-7H2,2H3,(H,13,15). The van der Waals surface area contributed by atoms with Crippen molar-refractivity contribution in [3.05, 3.63) is 12.7 Å². The Hall–Kier alpha value is -1.32. The molecule has 4 nitrogen and oxygen atoms in total. The van der Waals surface area contributed by atoms with Gasteiger partial charge in [0, 0.05) is 13.6 Å². The molecule has 0 radical (unpaired) electrons. The highest BCUT2D eigenvalue weighted by Gasteiger charge is 2.37. The number of carbonyl (C=O) groups excluding carboxylic acids is 1. The SMILES string of the molecule is C=CC(=O)NC(C1=NCCN1C)C1CC1. The average Bonchev–Trinajstić information content (AvgIpc) is 2.98. The molecule has 1 unspecified atom stereocenters. The largest absolute Gasteiger partial charge is 0.360 e. The molecule has 82 valence electrons. The summed E-state index contributed by atoms with van der Waals surface area (Å²) in [5, 5.41) is 2.97. The zero-order valence-corrected chi connectivity index (χ0v) is 9.07. The molecule has 0 saturated heterocycles. The van der Waals surface area contributed by atoms with Crippen LogP contribution in [0.4, 0.5) is 0 Å². The van der Waals surface area contributed by atoms with Crippen LogP contribution in [0.15, 0.2) is 17.6 Å². The van der Waals surface area contributed by atoms with Crippen molar-refractivity contribution in [3.8, 4) is 0 Å². The second kappa shape index (κ2) is 4.04. The molecule has 2 rings (SSSR count). The van der Waals surface area contributed by atoms with Crippen LogP contribution in [0.25, 0.3) is 0 Å². The molecule has 1 heterocycles. The molecule has 0 aromatic rings. The number of amidine groups is 1. The molecule has 0 aromatic carbocycles. The molecule has 0 aromatic heterocycles. The van der Waals surface area contributed by atoms with Crippen LogP contribution < -0.4 is 5.32 Å². The van der Waals surface area contributed by atoms with Crippen LogP contribution in [0, 0.1) is 5.92 Å². The number of nitrogens with zero attached hydrogens (tertiary/aromatic N) is 2. The molecular formula is C11H17N3O. The molecule has 1 atom stereocenters. The van der Waals surface area contributed by atoms with E-state index >= 15 is 0 Å². The Kier molecular flexibility index (Phi) is 2.75. The van der Waals surface area contributed by atoms with Crippen LogP contribution in [0.5, 0.6) is 0 Å². The van der Waals surface area contributed by atoms with Crippen molar-refractivity contribution in [2.75, 3.05) is 20.1 Å². The summed E-state index contributed by atoms with van der Waals surface area (Å²) >= 11 is 0. The van der Waals surface area contributed by atoms with Crippen molar-refractivity contribution >= 4 is 11.7 Å². The van der Waals surface area contributed by atoms with Gasteiger partial charge in [0.25, 0.3) is 0 Å². The van der Waals surface area contributed by atoms with Crippen LogP contribution in [0.1, 0.15) is 12.8 Å². The van der Waals surface area contributed by atoms with E-state index in [1.165, 1.54) is 18.9 Å². The van der Waals surface area contributed by atoms with E-state index in [1.54, 1.807) is 0 Å². The fraction of sp³-hybridized carbons (Fsp3) is 0.636. The first-order chi connectivity index (χ1) is 7.22. The van der Waals surface area contributed by atoms with Gasteiger partial charge in [0.2, 0.25) is 5.91 Å². The van der Waals surface area contributed by atoms with E-state index in [1.807, 2.05) is 7.05 Å². The van der Waals surface area contributed by atoms with Crippen molar-refractivity contribution in [2.45, 2.75) is 18.9 Å². The molecule has 1 fully saturated rings. The third kappa shape index (κ3) is 2.19. The minimum absolute atomic E-state index is 0.1000. The smallest absolute Gasteiger partial charge is 0.243 e. The van der Waals surface area contributed by atoms with Gasteiger partial charge in [-0.2, -0.15) is 0 Å². The maximum absolute atomic E-state index is 11.3. The summed E-state index contributed by atoms with van der Waals surface area (Å²) in [5.74, 6) is 1.51. The number of likely N-dealkylation sites (N-methyl/N-ethyl adjacent to an activating group) is 1. The summed E-state index contributed by atoms with van der Waals surface area (Å²) in [6, 6.07) is 0.1000. The predicted octanol–water partition coefficient (Wildman–Crippen LogP) is 0.411. The number of nitrogens with one attached hydrogen (secondary N) is 1. The van der Waals surface area contributed by atoms with Crippen LogP contribution in [-0.4, -0.2) is 42.8 Å². The number of aliphatic imine (C=N–C) groups is 1. The first-order valence-electron chi connectivity index (χ1n) is 5.41. The van der Waals surface area contributed by atoms with Crippen LogP contribution >= 0.6 is 0 Å². The molecular weight excluding hydrogens is 190 g/mol. The highest BCUT2D eigenvalue weighted by atomic mass is 16.1. The van der Waals surface area contributed by atoms with E-state index in [0.29, 0.717) is 5.92 Å². The first kappa shape index (κ1) is 10.2. The lowest BCUT2D eigenvalue weighted by Crippen LogP contribution is -2.46. The minimum Gasteiger partial charge on any atom is -0.360 e. The third-order valence-corrected chi connectivity index (χ3v) is 2.96. The highest BCUT2D eigenvalue weighted by molar-refractivity contribution is 5.95. The van der Waals surface area contributed by atoms with Crippen LogP contribution in [0.3, 0.4) is 0 Å². The van der Waals surface area contributed by atoms with Crippen molar-refractivity contribution in [1.29, 1.82) is 0 Å². The molecule has 4 heteroatoms. The summed E-state index contributed by atoms with van der Waals surface area (Å²) in [4.78, 5) is 17.9. The fourth-order valence-corrected chi connectivity index (χ4v) is 1.92. The Bertz CT molecular complexity index is 307. The topological polar surface area (TPSA) is 44.7 Å². The van der Waals surface area contributed by atoms with Gasteiger partial charge in [-0.05, 0) is 24.8 Å². The first-order valence-corrected chi connectivity index (χ1v) is 5.41. The summed E-state index contributed by atoms with van der Waals surface area (Å²) in [7, 11) is 2.03. The van der Waals surface area contributed by atoms with Crippen molar-refractivity contribution in [1.82, 2.24) is 10.2 Å². The predicted molar refractivity (Wildman–Crippen MR) is 59.8 cm³/mol. The van der Waals surface area contributed by atoms with Gasteiger partial charge in [-0.25, -0.2) is 0 Å². The minimum atomic E-state index is -0.102. The Balaban J connectivity index is 2.05.